The molecule has 7 unspecified atom stereocenters. The van der Waals surface area contributed by atoms with Crippen molar-refractivity contribution >= 4 is 49.5 Å². The monoisotopic (exact) mass is 527 g/mol. The van der Waals surface area contributed by atoms with Crippen LogP contribution >= 0.6 is 31.9 Å². The number of ether oxygens (including phenoxy) is 1. The van der Waals surface area contributed by atoms with Crippen LogP contribution in [0.1, 0.15) is 51.9 Å². The SMILES string of the molecule is CC(C(=O)CC12CC3CC(CC(C3)C1)C2)N1C(=O)C2C3OC(C(Br)C3Br)C2C1=O. The van der Waals surface area contributed by atoms with Crippen LogP contribution in [0.2, 0.25) is 0 Å². The summed E-state index contributed by atoms with van der Waals surface area (Å²) in [6, 6.07) is -0.657. The van der Waals surface area contributed by atoms with Crippen molar-refractivity contribution < 1.29 is 19.1 Å². The summed E-state index contributed by atoms with van der Waals surface area (Å²) in [5, 5.41) is 0. The maximum Gasteiger partial charge on any atom is 0.236 e. The van der Waals surface area contributed by atoms with Crippen molar-refractivity contribution in [2.45, 2.75) is 79.8 Å². The van der Waals surface area contributed by atoms with Crippen molar-refractivity contribution in [3.05, 3.63) is 0 Å². The first-order valence-corrected chi connectivity index (χ1v) is 12.9. The molecule has 0 radical (unpaired) electrons. The van der Waals surface area contributed by atoms with E-state index in [1.807, 2.05) is 0 Å². The van der Waals surface area contributed by atoms with Gasteiger partial charge in [-0.2, -0.15) is 0 Å². The normalized spacial score (nSPS) is 53.1. The molecule has 7 atom stereocenters. The molecule has 0 aromatic rings. The van der Waals surface area contributed by atoms with E-state index in [9.17, 15) is 14.4 Å². The molecule has 0 spiro atoms. The van der Waals surface area contributed by atoms with Crippen LogP contribution in [-0.4, -0.2) is 50.4 Å². The van der Waals surface area contributed by atoms with Crippen LogP contribution in [0, 0.1) is 35.0 Å². The molecule has 7 fully saturated rings. The van der Waals surface area contributed by atoms with Gasteiger partial charge in [-0.25, -0.2) is 0 Å². The van der Waals surface area contributed by atoms with Crippen LogP contribution in [-0.2, 0) is 19.1 Å². The number of ketones is 1. The number of rotatable bonds is 4. The van der Waals surface area contributed by atoms with Crippen LogP contribution in [0.15, 0.2) is 0 Å². The molecule has 5 nitrogen and oxygen atoms in total. The lowest BCUT2D eigenvalue weighted by atomic mass is 9.48. The van der Waals surface area contributed by atoms with Crippen LogP contribution < -0.4 is 0 Å². The molecule has 0 aromatic heterocycles. The second-order valence-corrected chi connectivity index (χ2v) is 12.9. The maximum absolute atomic E-state index is 13.3. The van der Waals surface area contributed by atoms with Gasteiger partial charge in [-0.05, 0) is 68.6 Å². The van der Waals surface area contributed by atoms with Crippen molar-refractivity contribution in [2.24, 2.45) is 35.0 Å². The minimum absolute atomic E-state index is 0.0171. The molecule has 4 saturated carbocycles. The van der Waals surface area contributed by atoms with E-state index in [2.05, 4.69) is 31.9 Å². The molecule has 0 N–H and O–H groups in total. The fourth-order valence-electron chi connectivity index (χ4n) is 8.24. The molecule has 29 heavy (non-hydrogen) atoms. The highest BCUT2D eigenvalue weighted by Gasteiger charge is 2.68. The number of nitrogens with zero attached hydrogens (tertiary/aromatic N) is 1. The highest BCUT2D eigenvalue weighted by molar-refractivity contribution is 9.12. The smallest absolute Gasteiger partial charge is 0.236 e. The zero-order valence-electron chi connectivity index (χ0n) is 16.6. The summed E-state index contributed by atoms with van der Waals surface area (Å²) < 4.78 is 5.94. The van der Waals surface area contributed by atoms with Gasteiger partial charge in [0.1, 0.15) is 0 Å². The summed E-state index contributed by atoms with van der Waals surface area (Å²) in [5.41, 5.74) is 0.131. The average Bonchev–Trinajstić information content (AvgIpc) is 3.24. The number of carbonyl (C=O) groups is 3. The van der Waals surface area contributed by atoms with Crippen LogP contribution in [0.4, 0.5) is 0 Å². The van der Waals surface area contributed by atoms with Crippen molar-refractivity contribution in [3.63, 3.8) is 0 Å². The molecule has 158 valence electrons. The summed E-state index contributed by atoms with van der Waals surface area (Å²) in [6.45, 7) is 1.76. The van der Waals surface area contributed by atoms with E-state index in [0.29, 0.717) is 6.42 Å². The second-order valence-electron chi connectivity index (χ2n) is 10.8. The number of Topliss-reactive ketones (excluding diaryl/α,β-unsaturated/α-hetero) is 1. The van der Waals surface area contributed by atoms with Gasteiger partial charge in [0, 0.05) is 6.42 Å². The Balaban J connectivity index is 1.21. The molecule has 4 aliphatic carbocycles. The number of amides is 2. The van der Waals surface area contributed by atoms with Gasteiger partial charge in [0.2, 0.25) is 11.8 Å². The maximum atomic E-state index is 13.3. The molecular formula is C22H27Br2NO4. The number of fused-ring (bicyclic) bond motifs is 5. The predicted molar refractivity (Wildman–Crippen MR) is 113 cm³/mol. The Morgan fingerprint density at radius 3 is 1.90 bits per heavy atom. The third-order valence-electron chi connectivity index (χ3n) is 8.95. The zero-order chi connectivity index (χ0) is 20.2. The summed E-state index contributed by atoms with van der Waals surface area (Å²) in [4.78, 5) is 41.0. The van der Waals surface area contributed by atoms with Crippen molar-refractivity contribution in [3.8, 4) is 0 Å². The lowest BCUT2D eigenvalue weighted by Gasteiger charge is -2.57. The summed E-state index contributed by atoms with van der Waals surface area (Å²) in [5.74, 6) is 1.15. The molecular weight excluding hydrogens is 502 g/mol. The fourth-order valence-corrected chi connectivity index (χ4v) is 9.74. The van der Waals surface area contributed by atoms with Gasteiger partial charge in [-0.15, -0.1) is 0 Å². The topological polar surface area (TPSA) is 63.7 Å². The van der Waals surface area contributed by atoms with Crippen molar-refractivity contribution in [2.75, 3.05) is 0 Å². The first-order chi connectivity index (χ1) is 13.8. The molecule has 7 heteroatoms. The van der Waals surface area contributed by atoms with Gasteiger partial charge in [-0.3, -0.25) is 19.3 Å². The second kappa shape index (κ2) is 6.38. The van der Waals surface area contributed by atoms with Crippen molar-refractivity contribution in [1.29, 1.82) is 0 Å². The Morgan fingerprint density at radius 2 is 1.45 bits per heavy atom. The summed E-state index contributed by atoms with van der Waals surface area (Å²) >= 11 is 7.23. The van der Waals surface area contributed by atoms with E-state index in [1.54, 1.807) is 6.92 Å². The molecule has 7 rings (SSSR count). The minimum Gasteiger partial charge on any atom is -0.371 e. The molecule has 3 aliphatic heterocycles. The Bertz CT molecular complexity index is 732. The number of hydrogen-bond acceptors (Lipinski definition) is 4. The van der Waals surface area contributed by atoms with E-state index in [-0.39, 0.29) is 44.9 Å². The highest BCUT2D eigenvalue weighted by atomic mass is 79.9. The third-order valence-corrected chi connectivity index (χ3v) is 11.8. The summed E-state index contributed by atoms with van der Waals surface area (Å²) in [7, 11) is 0. The van der Waals surface area contributed by atoms with E-state index in [0.717, 1.165) is 17.8 Å². The fraction of sp³-hybridized carbons (Fsp3) is 0.864. The largest absolute Gasteiger partial charge is 0.371 e. The van der Waals surface area contributed by atoms with E-state index in [1.165, 1.54) is 43.4 Å². The van der Waals surface area contributed by atoms with Gasteiger partial charge >= 0.3 is 0 Å². The number of hydrogen-bond donors (Lipinski definition) is 0. The van der Waals surface area contributed by atoms with Crippen LogP contribution in [0.5, 0.6) is 0 Å². The lowest BCUT2D eigenvalue weighted by molar-refractivity contribution is -0.150. The first-order valence-electron chi connectivity index (χ1n) is 11.1. The number of halogens is 2. The average molecular weight is 529 g/mol. The standard InChI is InChI=1S/C22H27Br2NO4/c1-9(13(26)8-22-5-10-2-11(6-22)4-12(3-10)7-22)25-20(27)14-15(21(25)28)19-17(24)16(23)18(14)29-19/h9-12,14-19H,2-8H2,1H3. The number of imide groups is 1. The first kappa shape index (κ1) is 19.4. The molecule has 2 amide bonds. The Labute approximate surface area is 187 Å². The molecule has 7 aliphatic rings. The van der Waals surface area contributed by atoms with E-state index < -0.39 is 17.9 Å². The minimum atomic E-state index is -0.657. The van der Waals surface area contributed by atoms with Gasteiger partial charge < -0.3 is 4.74 Å². The van der Waals surface area contributed by atoms with Gasteiger partial charge in [0.15, 0.2) is 5.78 Å². The predicted octanol–water partition coefficient (Wildman–Crippen LogP) is 3.46. The van der Waals surface area contributed by atoms with Gasteiger partial charge in [-0.1, -0.05) is 31.9 Å². The third kappa shape index (κ3) is 2.62. The van der Waals surface area contributed by atoms with Gasteiger partial charge in [0.25, 0.3) is 0 Å². The Morgan fingerprint density at radius 1 is 1.00 bits per heavy atom. The molecule has 6 bridgehead atoms. The zero-order valence-corrected chi connectivity index (χ0v) is 19.7. The van der Waals surface area contributed by atoms with E-state index in [4.69, 9.17) is 4.74 Å². The summed E-state index contributed by atoms with van der Waals surface area (Å²) in [6.07, 6.45) is 7.49. The number of likely N-dealkylation sites (tertiary alicyclic amines) is 1. The Hall–Kier alpha value is -0.270. The Kier molecular flexibility index (Phi) is 4.27. The molecule has 0 aromatic carbocycles. The van der Waals surface area contributed by atoms with Crippen LogP contribution in [0.3, 0.4) is 0 Å². The highest BCUT2D eigenvalue weighted by Crippen LogP contribution is 2.61. The van der Waals surface area contributed by atoms with E-state index >= 15 is 0 Å². The van der Waals surface area contributed by atoms with Gasteiger partial charge in [0.05, 0.1) is 39.7 Å². The molecule has 3 heterocycles. The quantitative estimate of drug-likeness (QED) is 0.414. The lowest BCUT2D eigenvalue weighted by Crippen LogP contribution is -2.50. The number of carbonyl (C=O) groups excluding carboxylic acids is 3. The van der Waals surface area contributed by atoms with Crippen molar-refractivity contribution in [1.82, 2.24) is 4.90 Å². The van der Waals surface area contributed by atoms with Crippen LogP contribution in [0.25, 0.3) is 0 Å². The number of alkyl halides is 2. The molecule has 3 saturated heterocycles.